The lowest BCUT2D eigenvalue weighted by Crippen LogP contribution is -1.72. The van der Waals surface area contributed by atoms with Crippen molar-refractivity contribution >= 4 is 26.9 Å². The lowest BCUT2D eigenvalue weighted by molar-refractivity contribution is 0.251. The van der Waals surface area contributed by atoms with E-state index in [1.54, 1.807) is 0 Å². The molecule has 3 heteroatoms. The Balaban J connectivity index is 2.75. The molecule has 2 nitrogen and oxygen atoms in total. The maximum Gasteiger partial charge on any atom is 0.148 e. The predicted molar refractivity (Wildman–Crippen MR) is 54.6 cm³/mol. The van der Waals surface area contributed by atoms with E-state index < -0.39 is 0 Å². The summed E-state index contributed by atoms with van der Waals surface area (Å²) in [5.74, 6) is 0.598. The van der Waals surface area contributed by atoms with Crippen LogP contribution in [-0.4, -0.2) is 5.11 Å². The molecule has 1 heterocycles. The van der Waals surface area contributed by atoms with Gasteiger partial charge in [-0.15, -0.1) is 0 Å². The minimum Gasteiger partial charge on any atom is -0.457 e. The van der Waals surface area contributed by atoms with Gasteiger partial charge in [0.1, 0.15) is 18.0 Å². The van der Waals surface area contributed by atoms with Crippen molar-refractivity contribution in [1.29, 1.82) is 0 Å². The van der Waals surface area contributed by atoms with Crippen LogP contribution in [0.2, 0.25) is 0 Å². The molecule has 0 atom stereocenters. The minimum atomic E-state index is -0.0554. The van der Waals surface area contributed by atoms with Crippen molar-refractivity contribution in [3.05, 3.63) is 34.0 Å². The summed E-state index contributed by atoms with van der Waals surface area (Å²) in [5, 5.41) is 9.91. The summed E-state index contributed by atoms with van der Waals surface area (Å²) < 4.78 is 6.34. The van der Waals surface area contributed by atoms with Gasteiger partial charge in [0.25, 0.3) is 0 Å². The van der Waals surface area contributed by atoms with Gasteiger partial charge in [-0.1, -0.05) is 0 Å². The zero-order chi connectivity index (χ0) is 9.42. The standard InChI is InChI=1S/C10H9BrO2/c1-6-2-7-4-8(5-12)13-10(7)9(11)3-6/h2-4,12H,5H2,1H3. The van der Waals surface area contributed by atoms with Crippen molar-refractivity contribution in [2.24, 2.45) is 0 Å². The second-order valence-electron chi connectivity index (χ2n) is 3.04. The lowest BCUT2D eigenvalue weighted by Gasteiger charge is -1.94. The van der Waals surface area contributed by atoms with Gasteiger partial charge in [0.05, 0.1) is 4.47 Å². The van der Waals surface area contributed by atoms with Crippen LogP contribution in [0.15, 0.2) is 27.1 Å². The molecule has 0 fully saturated rings. The van der Waals surface area contributed by atoms with Crippen molar-refractivity contribution in [3.63, 3.8) is 0 Å². The number of aryl methyl sites for hydroxylation is 1. The average molecular weight is 241 g/mol. The van der Waals surface area contributed by atoms with Crippen LogP contribution in [0.25, 0.3) is 11.0 Å². The molecule has 0 bridgehead atoms. The summed E-state index contributed by atoms with van der Waals surface area (Å²) in [7, 11) is 0. The Kier molecular flexibility index (Phi) is 2.14. The van der Waals surface area contributed by atoms with Crippen LogP contribution in [0, 0.1) is 6.92 Å². The van der Waals surface area contributed by atoms with Crippen LogP contribution in [0.3, 0.4) is 0 Å². The Morgan fingerprint density at radius 2 is 2.15 bits per heavy atom. The topological polar surface area (TPSA) is 33.4 Å². The van der Waals surface area contributed by atoms with E-state index in [2.05, 4.69) is 15.9 Å². The molecule has 0 amide bonds. The highest BCUT2D eigenvalue weighted by atomic mass is 79.9. The minimum absolute atomic E-state index is 0.0554. The molecule has 0 aliphatic rings. The molecule has 13 heavy (non-hydrogen) atoms. The predicted octanol–water partition coefficient (Wildman–Crippen LogP) is 3.00. The molecule has 0 aliphatic carbocycles. The van der Waals surface area contributed by atoms with Crippen LogP contribution < -0.4 is 0 Å². The van der Waals surface area contributed by atoms with E-state index in [4.69, 9.17) is 9.52 Å². The molecule has 68 valence electrons. The maximum atomic E-state index is 8.89. The average Bonchev–Trinajstić information content (AvgIpc) is 2.47. The molecule has 1 aromatic carbocycles. The van der Waals surface area contributed by atoms with Gasteiger partial charge in [0, 0.05) is 5.39 Å². The van der Waals surface area contributed by atoms with Gasteiger partial charge in [0.15, 0.2) is 0 Å². The second kappa shape index (κ2) is 3.16. The lowest BCUT2D eigenvalue weighted by atomic mass is 10.2. The summed E-state index contributed by atoms with van der Waals surface area (Å²) in [5.41, 5.74) is 1.97. The van der Waals surface area contributed by atoms with Crippen molar-refractivity contribution in [3.8, 4) is 0 Å². The van der Waals surface area contributed by atoms with Gasteiger partial charge in [-0.3, -0.25) is 0 Å². The maximum absolute atomic E-state index is 8.89. The summed E-state index contributed by atoms with van der Waals surface area (Å²) in [4.78, 5) is 0. The van der Waals surface area contributed by atoms with Gasteiger partial charge in [-0.25, -0.2) is 0 Å². The summed E-state index contributed by atoms with van der Waals surface area (Å²) in [6, 6.07) is 5.88. The smallest absolute Gasteiger partial charge is 0.148 e. The Hall–Kier alpha value is -0.800. The van der Waals surface area contributed by atoms with E-state index in [1.165, 1.54) is 5.56 Å². The zero-order valence-corrected chi connectivity index (χ0v) is 8.76. The molecule has 1 N–H and O–H groups in total. The highest BCUT2D eigenvalue weighted by Gasteiger charge is 2.06. The Morgan fingerprint density at radius 1 is 1.38 bits per heavy atom. The van der Waals surface area contributed by atoms with Crippen LogP contribution in [0.4, 0.5) is 0 Å². The van der Waals surface area contributed by atoms with E-state index in [9.17, 15) is 0 Å². The van der Waals surface area contributed by atoms with Crippen molar-refractivity contribution in [2.45, 2.75) is 13.5 Å². The quantitative estimate of drug-likeness (QED) is 0.832. The summed E-state index contributed by atoms with van der Waals surface area (Å²) in [6.07, 6.45) is 0. The van der Waals surface area contributed by atoms with Gasteiger partial charge in [0.2, 0.25) is 0 Å². The molecular formula is C10H9BrO2. The summed E-state index contributed by atoms with van der Waals surface area (Å²) >= 11 is 3.41. The number of hydrogen-bond acceptors (Lipinski definition) is 2. The third-order valence-corrected chi connectivity index (χ3v) is 2.51. The fourth-order valence-electron chi connectivity index (χ4n) is 1.38. The van der Waals surface area contributed by atoms with Crippen molar-refractivity contribution < 1.29 is 9.52 Å². The molecule has 2 rings (SSSR count). The van der Waals surface area contributed by atoms with Crippen LogP contribution >= 0.6 is 15.9 Å². The molecular weight excluding hydrogens is 232 g/mol. The first-order valence-corrected chi connectivity index (χ1v) is 4.79. The largest absolute Gasteiger partial charge is 0.457 e. The first kappa shape index (κ1) is 8.78. The van der Waals surface area contributed by atoms with E-state index in [-0.39, 0.29) is 6.61 Å². The number of furan rings is 1. The van der Waals surface area contributed by atoms with Crippen molar-refractivity contribution in [1.82, 2.24) is 0 Å². The third kappa shape index (κ3) is 1.49. The normalized spacial score (nSPS) is 11.0. The van der Waals surface area contributed by atoms with Crippen molar-refractivity contribution in [2.75, 3.05) is 0 Å². The van der Waals surface area contributed by atoms with E-state index in [0.29, 0.717) is 5.76 Å². The SMILES string of the molecule is Cc1cc(Br)c2oc(CO)cc2c1. The molecule has 2 aromatic rings. The summed E-state index contributed by atoms with van der Waals surface area (Å²) in [6.45, 7) is 1.97. The van der Waals surface area contributed by atoms with Gasteiger partial charge >= 0.3 is 0 Å². The molecule has 1 aromatic heterocycles. The Labute approximate surface area is 84.3 Å². The van der Waals surface area contributed by atoms with E-state index in [1.807, 2.05) is 25.1 Å². The van der Waals surface area contributed by atoms with Crippen LogP contribution in [0.1, 0.15) is 11.3 Å². The van der Waals surface area contributed by atoms with Crippen LogP contribution in [-0.2, 0) is 6.61 Å². The Morgan fingerprint density at radius 3 is 2.85 bits per heavy atom. The molecule has 0 spiro atoms. The molecule has 0 unspecified atom stereocenters. The number of aliphatic hydroxyl groups excluding tert-OH is 1. The number of benzene rings is 1. The Bertz CT molecular complexity index is 445. The first-order valence-electron chi connectivity index (χ1n) is 4.00. The number of rotatable bonds is 1. The molecule has 0 saturated carbocycles. The third-order valence-electron chi connectivity index (χ3n) is 1.92. The highest BCUT2D eigenvalue weighted by Crippen LogP contribution is 2.28. The molecule has 0 saturated heterocycles. The number of aliphatic hydroxyl groups is 1. The zero-order valence-electron chi connectivity index (χ0n) is 7.17. The monoisotopic (exact) mass is 240 g/mol. The van der Waals surface area contributed by atoms with Crippen LogP contribution in [0.5, 0.6) is 0 Å². The number of hydrogen-bond donors (Lipinski definition) is 1. The van der Waals surface area contributed by atoms with E-state index >= 15 is 0 Å². The van der Waals surface area contributed by atoms with Gasteiger partial charge in [-0.05, 0) is 46.6 Å². The fourth-order valence-corrected chi connectivity index (χ4v) is 2.05. The molecule has 0 radical (unpaired) electrons. The van der Waals surface area contributed by atoms with Gasteiger partial charge < -0.3 is 9.52 Å². The highest BCUT2D eigenvalue weighted by molar-refractivity contribution is 9.10. The second-order valence-corrected chi connectivity index (χ2v) is 3.89. The first-order chi connectivity index (χ1) is 6.20. The number of fused-ring (bicyclic) bond motifs is 1. The molecule has 0 aliphatic heterocycles. The van der Waals surface area contributed by atoms with E-state index in [0.717, 1.165) is 15.4 Å². The van der Waals surface area contributed by atoms with Gasteiger partial charge in [-0.2, -0.15) is 0 Å². The number of halogens is 1. The fraction of sp³-hybridized carbons (Fsp3) is 0.200.